The van der Waals surface area contributed by atoms with Gasteiger partial charge in [-0.2, -0.15) is 0 Å². The van der Waals surface area contributed by atoms with E-state index in [0.717, 1.165) is 28.4 Å². The van der Waals surface area contributed by atoms with Crippen molar-refractivity contribution in [1.82, 2.24) is 0 Å². The minimum atomic E-state index is -1.76. The van der Waals surface area contributed by atoms with Crippen molar-refractivity contribution in [2.45, 2.75) is 147 Å². The summed E-state index contributed by atoms with van der Waals surface area (Å²) in [5.74, 6) is 0. The molecule has 4 heteroatoms. The van der Waals surface area contributed by atoms with Crippen LogP contribution in [0.4, 0.5) is 34.1 Å². The average molecular weight is 1200 g/mol. The van der Waals surface area contributed by atoms with Gasteiger partial charge in [0.15, 0.2) is 0 Å². The van der Waals surface area contributed by atoms with Crippen molar-refractivity contribution < 1.29 is 0 Å². The molecule has 446 valence electrons. The van der Waals surface area contributed by atoms with Crippen LogP contribution in [-0.2, 0) is 27.1 Å². The van der Waals surface area contributed by atoms with Gasteiger partial charge >= 0.3 is 0 Å². The largest absolute Gasteiger partial charge is 0.310 e. The van der Waals surface area contributed by atoms with E-state index in [1.165, 1.54) is 115 Å². The van der Waals surface area contributed by atoms with Gasteiger partial charge in [-0.3, -0.25) is 0 Å². The average Bonchev–Trinajstić information content (AvgIpc) is 1.51. The van der Waals surface area contributed by atoms with E-state index in [9.17, 15) is 0 Å². The van der Waals surface area contributed by atoms with Crippen LogP contribution in [0.25, 0.3) is 33.0 Å². The maximum Gasteiger partial charge on any atom is 0.0775 e. The van der Waals surface area contributed by atoms with Crippen LogP contribution in [-0.4, -0.2) is 8.07 Å². The number of nitrogens with zero attached hydrogens (tertiary/aromatic N) is 2. The van der Waals surface area contributed by atoms with Crippen molar-refractivity contribution in [2.75, 3.05) is 9.80 Å². The molecular weight excluding hydrogens is 1110 g/mol. The van der Waals surface area contributed by atoms with Crippen LogP contribution in [0.2, 0.25) is 19.6 Å². The number of rotatable bonds is 11. The Morgan fingerprint density at radius 3 is 1.29 bits per heavy atom. The first-order chi connectivity index (χ1) is 42.2. The Labute approximate surface area is 536 Å². The molecule has 0 aromatic heterocycles. The van der Waals surface area contributed by atoms with Crippen molar-refractivity contribution in [1.29, 1.82) is 0 Å². The van der Waals surface area contributed by atoms with Gasteiger partial charge in [0.1, 0.15) is 0 Å². The molecule has 2 aliphatic carbocycles. The van der Waals surface area contributed by atoms with Crippen LogP contribution in [0.3, 0.4) is 0 Å². The lowest BCUT2D eigenvalue weighted by molar-refractivity contribution is 0.589. The topological polar surface area (TPSA) is 6.48 Å². The van der Waals surface area contributed by atoms with Crippen LogP contribution in [0.5, 0.6) is 0 Å². The molecule has 2 aliphatic rings. The summed E-state index contributed by atoms with van der Waals surface area (Å²) >= 11 is 1.84. The first-order valence-electron chi connectivity index (χ1n) is 32.1. The normalized spacial score (nSPS) is 15.1. The van der Waals surface area contributed by atoms with Crippen molar-refractivity contribution in [2.24, 2.45) is 0 Å². The quantitative estimate of drug-likeness (QED) is 0.119. The molecule has 1 unspecified atom stereocenters. The predicted octanol–water partition coefficient (Wildman–Crippen LogP) is 23.7. The summed E-state index contributed by atoms with van der Waals surface area (Å²) in [6.45, 7) is 37.5. The second-order valence-corrected chi connectivity index (χ2v) is 36.2. The maximum absolute atomic E-state index is 2.67. The Hall–Kier alpha value is -8.15. The molecule has 0 fully saturated rings. The summed E-state index contributed by atoms with van der Waals surface area (Å²) in [7, 11) is -1.76. The molecule has 0 saturated heterocycles. The molecule has 0 saturated carbocycles. The third-order valence-corrected chi connectivity index (χ3v) is 22.4. The van der Waals surface area contributed by atoms with Crippen LogP contribution in [0.15, 0.2) is 240 Å². The fourth-order valence-corrected chi connectivity index (χ4v) is 16.5. The molecule has 2 nitrogen and oxygen atoms in total. The Morgan fingerprint density at radius 1 is 0.371 bits per heavy atom. The molecule has 0 amide bonds. The minimum Gasteiger partial charge on any atom is -0.310 e. The van der Waals surface area contributed by atoms with Crippen LogP contribution in [0.1, 0.15) is 137 Å². The van der Waals surface area contributed by atoms with Gasteiger partial charge in [-0.25, -0.2) is 0 Å². The van der Waals surface area contributed by atoms with Gasteiger partial charge in [0.05, 0.1) is 24.9 Å². The van der Waals surface area contributed by atoms with E-state index >= 15 is 0 Å². The highest BCUT2D eigenvalue weighted by atomic mass is 32.2. The Bertz CT molecular complexity index is 4500. The summed E-state index contributed by atoms with van der Waals surface area (Å²) in [6.07, 6.45) is 0. The zero-order valence-electron chi connectivity index (χ0n) is 55.2. The summed E-state index contributed by atoms with van der Waals surface area (Å²) in [5.41, 5.74) is 25.0. The van der Waals surface area contributed by atoms with E-state index in [1.807, 2.05) is 11.8 Å². The van der Waals surface area contributed by atoms with Gasteiger partial charge in [-0.1, -0.05) is 258 Å². The standard InChI is InChI=1S/C85H86N2SSi/c1-55-23-21-25-64(51-55)86(62-41-31-57(32-42-62)81(3,4)5)75-53-73-77(70-28-18-17-27-69(70)75)79-74(85(73,61-39-49-68(50-40-61)89(14,15)16)60-37-47-67(48-38-60)88-66-45-35-59(36-46-66)83(9,10)11)54-76(80-78(79)71-29-19-20-30-72(71)84(80,12)13)87(65-26-22-24-56(2)52-65)63-43-33-58(34-44-63)82(6,7)8/h17-54H,1-16H3. The number of hydrogen-bond acceptors (Lipinski definition) is 3. The van der Waals surface area contributed by atoms with E-state index in [4.69, 9.17) is 0 Å². The minimum absolute atomic E-state index is 0.00853. The Morgan fingerprint density at radius 2 is 0.798 bits per heavy atom. The smallest absolute Gasteiger partial charge is 0.0775 e. The molecule has 0 bridgehead atoms. The summed E-state index contributed by atoms with van der Waals surface area (Å²) in [4.78, 5) is 7.58. The lowest BCUT2D eigenvalue weighted by Crippen LogP contribution is -2.38. The highest BCUT2D eigenvalue weighted by molar-refractivity contribution is 7.99. The molecule has 0 radical (unpaired) electrons. The summed E-state index contributed by atoms with van der Waals surface area (Å²) in [5, 5.41) is 3.88. The molecule has 0 aliphatic heterocycles. The predicted molar refractivity (Wildman–Crippen MR) is 387 cm³/mol. The van der Waals surface area contributed by atoms with Crippen LogP contribution < -0.4 is 15.0 Å². The van der Waals surface area contributed by atoms with Gasteiger partial charge in [0.25, 0.3) is 0 Å². The Balaban J connectivity index is 1.20. The van der Waals surface area contributed by atoms with Gasteiger partial charge in [0.2, 0.25) is 0 Å². The monoisotopic (exact) mass is 1190 g/mol. The molecule has 1 atom stereocenters. The van der Waals surface area contributed by atoms with E-state index in [0.29, 0.717) is 0 Å². The lowest BCUT2D eigenvalue weighted by atomic mass is 9.67. The first-order valence-corrected chi connectivity index (χ1v) is 36.4. The van der Waals surface area contributed by atoms with Gasteiger partial charge in [-0.05, 0) is 204 Å². The van der Waals surface area contributed by atoms with E-state index in [2.05, 4.69) is 350 Å². The fourth-order valence-electron chi connectivity index (χ4n) is 14.5. The third-order valence-electron chi connectivity index (χ3n) is 19.3. The van der Waals surface area contributed by atoms with Crippen molar-refractivity contribution in [3.63, 3.8) is 0 Å². The molecule has 0 N–H and O–H groups in total. The highest BCUT2D eigenvalue weighted by Gasteiger charge is 2.52. The van der Waals surface area contributed by atoms with Crippen molar-refractivity contribution >= 4 is 69.9 Å². The van der Waals surface area contributed by atoms with E-state index < -0.39 is 18.9 Å². The summed E-state index contributed by atoms with van der Waals surface area (Å²) in [6, 6.07) is 90.0. The zero-order valence-corrected chi connectivity index (χ0v) is 57.1. The van der Waals surface area contributed by atoms with Crippen molar-refractivity contribution in [3.8, 4) is 22.3 Å². The summed E-state index contributed by atoms with van der Waals surface area (Å²) < 4.78 is 0. The zero-order chi connectivity index (χ0) is 62.7. The lowest BCUT2D eigenvalue weighted by Gasteiger charge is -2.38. The highest BCUT2D eigenvalue weighted by Crippen LogP contribution is 2.67. The second-order valence-electron chi connectivity index (χ2n) is 30.0. The third kappa shape index (κ3) is 10.4. The molecule has 0 heterocycles. The van der Waals surface area contributed by atoms with Crippen molar-refractivity contribution in [3.05, 3.63) is 292 Å². The molecule has 13 rings (SSSR count). The van der Waals surface area contributed by atoms with Crippen LogP contribution in [0, 0.1) is 13.8 Å². The molecule has 11 aromatic carbocycles. The number of benzene rings is 11. The number of anilines is 6. The second kappa shape index (κ2) is 21.8. The van der Waals surface area contributed by atoms with Gasteiger partial charge in [0, 0.05) is 43.3 Å². The molecule has 0 spiro atoms. The SMILES string of the molecule is Cc1cccc(N(c2ccc(C(C)(C)C)cc2)c2cc3c(c4c2C(C)(C)c2ccccc2-4)-c2c(cc(N(c4ccc(C(C)(C)C)cc4)c4cccc(C)c4)c4ccccc24)C3(c2ccc(Sc3ccc(C(C)(C)C)cc3)cc2)c2ccc([Si](C)(C)C)cc2)c1. The molecule has 89 heavy (non-hydrogen) atoms. The molecule has 11 aromatic rings. The number of aryl methyl sites for hydroxylation is 2. The van der Waals surface area contributed by atoms with Gasteiger partial charge < -0.3 is 9.80 Å². The van der Waals surface area contributed by atoms with E-state index in [-0.39, 0.29) is 16.2 Å². The number of fused-ring (bicyclic) bond motifs is 9. The first kappa shape index (κ1) is 59.8. The number of hydrogen-bond donors (Lipinski definition) is 0. The maximum atomic E-state index is 2.67. The molecular formula is C85H86N2SSi. The Kier molecular flexibility index (Phi) is 14.7. The fraction of sp³-hybridized carbons (Fsp3) is 0.247. The van der Waals surface area contributed by atoms with Crippen LogP contribution >= 0.6 is 11.8 Å². The van der Waals surface area contributed by atoms with Gasteiger partial charge in [-0.15, -0.1) is 0 Å². The van der Waals surface area contributed by atoms with E-state index in [1.54, 1.807) is 0 Å².